The number of rotatable bonds is 4. The molecule has 24 heavy (non-hydrogen) atoms. The lowest BCUT2D eigenvalue weighted by Crippen LogP contribution is -2.30. The second-order valence-corrected chi connectivity index (χ2v) is 6.13. The first kappa shape index (κ1) is 16.1. The zero-order chi connectivity index (χ0) is 16.9. The lowest BCUT2D eigenvalue weighted by atomic mass is 10.2. The second-order valence-electron chi connectivity index (χ2n) is 5.38. The highest BCUT2D eigenvalue weighted by Gasteiger charge is 2.13. The summed E-state index contributed by atoms with van der Waals surface area (Å²) in [4.78, 5) is 22.4. The molecule has 0 atom stereocenters. The number of aromatic nitrogens is 3. The average Bonchev–Trinajstić information content (AvgIpc) is 3.04. The van der Waals surface area contributed by atoms with Gasteiger partial charge in [0.1, 0.15) is 0 Å². The molecule has 7 heteroatoms. The van der Waals surface area contributed by atoms with Crippen LogP contribution in [-0.4, -0.2) is 32.3 Å². The summed E-state index contributed by atoms with van der Waals surface area (Å²) >= 11 is 1.17. The van der Waals surface area contributed by atoms with Gasteiger partial charge in [-0.25, -0.2) is 4.79 Å². The number of amides is 2. The van der Waals surface area contributed by atoms with Crippen molar-refractivity contribution < 1.29 is 4.79 Å². The maximum absolute atomic E-state index is 12.3. The van der Waals surface area contributed by atoms with Crippen LogP contribution in [0.25, 0.3) is 11.4 Å². The Morgan fingerprint density at radius 2 is 2.04 bits per heavy atom. The molecule has 2 amide bonds. The van der Waals surface area contributed by atoms with E-state index in [1.54, 1.807) is 18.1 Å². The van der Waals surface area contributed by atoms with Crippen molar-refractivity contribution in [3.8, 4) is 11.4 Å². The van der Waals surface area contributed by atoms with Crippen molar-refractivity contribution in [2.45, 2.75) is 13.5 Å². The van der Waals surface area contributed by atoms with Crippen molar-refractivity contribution in [2.75, 3.05) is 12.4 Å². The first-order chi connectivity index (χ1) is 11.6. The first-order valence-electron chi connectivity index (χ1n) is 7.44. The fraction of sp³-hybridized carbons (Fsp3) is 0.176. The Morgan fingerprint density at radius 3 is 2.79 bits per heavy atom. The molecule has 3 aromatic rings. The molecule has 1 aromatic carbocycles. The summed E-state index contributed by atoms with van der Waals surface area (Å²) in [5, 5.41) is 3.27. The van der Waals surface area contributed by atoms with Crippen LogP contribution in [0.4, 0.5) is 9.93 Å². The Bertz CT molecular complexity index is 834. The molecule has 0 spiro atoms. The maximum atomic E-state index is 12.3. The Labute approximate surface area is 144 Å². The molecule has 0 bridgehead atoms. The number of nitrogens with one attached hydrogen (secondary N) is 1. The summed E-state index contributed by atoms with van der Waals surface area (Å²) in [7, 11) is 1.74. The molecule has 0 radical (unpaired) electrons. The molecule has 0 unspecified atom stereocenters. The van der Waals surface area contributed by atoms with Gasteiger partial charge in [0.15, 0.2) is 5.82 Å². The average molecular weight is 339 g/mol. The van der Waals surface area contributed by atoms with E-state index in [-0.39, 0.29) is 6.03 Å². The topological polar surface area (TPSA) is 71.0 Å². The minimum Gasteiger partial charge on any atom is -0.323 e. The van der Waals surface area contributed by atoms with Gasteiger partial charge in [-0.3, -0.25) is 10.3 Å². The Hall–Kier alpha value is -2.80. The Morgan fingerprint density at radius 1 is 1.25 bits per heavy atom. The van der Waals surface area contributed by atoms with Crippen LogP contribution in [0.5, 0.6) is 0 Å². The number of pyridine rings is 1. The van der Waals surface area contributed by atoms with E-state index in [4.69, 9.17) is 0 Å². The molecule has 3 rings (SSSR count). The summed E-state index contributed by atoms with van der Waals surface area (Å²) in [5.41, 5.74) is 2.88. The SMILES string of the molecule is Cc1cc(CN(C)C(=O)Nc2nc(-c3ccccc3)ns2)ccn1. The van der Waals surface area contributed by atoms with E-state index >= 15 is 0 Å². The van der Waals surface area contributed by atoms with Crippen LogP contribution in [0.3, 0.4) is 0 Å². The minimum atomic E-state index is -0.222. The molecular formula is C17H17N5OS. The molecule has 0 saturated heterocycles. The van der Waals surface area contributed by atoms with E-state index in [0.717, 1.165) is 16.8 Å². The smallest absolute Gasteiger partial charge is 0.323 e. The molecule has 1 N–H and O–H groups in total. The van der Waals surface area contributed by atoms with Crippen molar-refractivity contribution in [1.29, 1.82) is 0 Å². The van der Waals surface area contributed by atoms with E-state index < -0.39 is 0 Å². The third-order valence-corrected chi connectivity index (χ3v) is 4.03. The highest BCUT2D eigenvalue weighted by atomic mass is 32.1. The van der Waals surface area contributed by atoms with Crippen molar-refractivity contribution >= 4 is 22.7 Å². The van der Waals surface area contributed by atoms with Gasteiger partial charge in [-0.05, 0) is 24.6 Å². The summed E-state index contributed by atoms with van der Waals surface area (Å²) < 4.78 is 4.28. The van der Waals surface area contributed by atoms with Gasteiger partial charge in [0.05, 0.1) is 0 Å². The number of hydrogen-bond donors (Lipinski definition) is 1. The zero-order valence-electron chi connectivity index (χ0n) is 13.4. The van der Waals surface area contributed by atoms with Crippen molar-refractivity contribution in [1.82, 2.24) is 19.2 Å². The third-order valence-electron chi connectivity index (χ3n) is 3.40. The van der Waals surface area contributed by atoms with Crippen LogP contribution in [-0.2, 0) is 6.54 Å². The predicted molar refractivity (Wildman–Crippen MR) is 94.8 cm³/mol. The highest BCUT2D eigenvalue weighted by molar-refractivity contribution is 7.10. The lowest BCUT2D eigenvalue weighted by Gasteiger charge is -2.17. The molecular weight excluding hydrogens is 322 g/mol. The van der Waals surface area contributed by atoms with Gasteiger partial charge >= 0.3 is 6.03 Å². The molecule has 6 nitrogen and oxygen atoms in total. The summed E-state index contributed by atoms with van der Waals surface area (Å²) in [5.74, 6) is 0.614. The highest BCUT2D eigenvalue weighted by Crippen LogP contribution is 2.21. The summed E-state index contributed by atoms with van der Waals surface area (Å²) in [6, 6.07) is 13.3. The van der Waals surface area contributed by atoms with Gasteiger partial charge in [-0.15, -0.1) is 0 Å². The Kier molecular flexibility index (Phi) is 4.81. The standard InChI is InChI=1S/C17H17N5OS/c1-12-10-13(8-9-18-12)11-22(2)17(23)20-16-19-15(21-24-16)14-6-4-3-5-7-14/h3-10H,11H2,1-2H3,(H,19,20,21,23). The van der Waals surface area contributed by atoms with Crippen LogP contribution in [0.1, 0.15) is 11.3 Å². The fourth-order valence-electron chi connectivity index (χ4n) is 2.21. The number of hydrogen-bond acceptors (Lipinski definition) is 5. The van der Waals surface area contributed by atoms with Crippen LogP contribution < -0.4 is 5.32 Å². The molecule has 0 saturated carbocycles. The van der Waals surface area contributed by atoms with E-state index in [2.05, 4.69) is 19.7 Å². The molecule has 2 aromatic heterocycles. The van der Waals surface area contributed by atoms with Gasteiger partial charge in [0, 0.05) is 42.6 Å². The van der Waals surface area contributed by atoms with Gasteiger partial charge in [0.25, 0.3) is 0 Å². The van der Waals surface area contributed by atoms with Gasteiger partial charge in [-0.1, -0.05) is 30.3 Å². The van der Waals surface area contributed by atoms with E-state index in [1.165, 1.54) is 11.5 Å². The predicted octanol–water partition coefficient (Wildman–Crippen LogP) is 3.57. The minimum absolute atomic E-state index is 0.222. The molecule has 2 heterocycles. The molecule has 122 valence electrons. The van der Waals surface area contributed by atoms with Gasteiger partial charge < -0.3 is 4.90 Å². The number of urea groups is 1. The number of aryl methyl sites for hydroxylation is 1. The maximum Gasteiger partial charge on any atom is 0.323 e. The molecule has 0 aliphatic rings. The van der Waals surface area contributed by atoms with Crippen LogP contribution in [0, 0.1) is 6.92 Å². The fourth-order valence-corrected chi connectivity index (χ4v) is 2.79. The second kappa shape index (κ2) is 7.18. The summed E-state index contributed by atoms with van der Waals surface area (Å²) in [6.45, 7) is 2.43. The first-order valence-corrected chi connectivity index (χ1v) is 8.22. The normalized spacial score (nSPS) is 10.4. The number of carbonyl (C=O) groups is 1. The van der Waals surface area contributed by atoms with Crippen molar-refractivity contribution in [3.05, 3.63) is 59.9 Å². The van der Waals surface area contributed by atoms with Gasteiger partial charge in [-0.2, -0.15) is 9.36 Å². The van der Waals surface area contributed by atoms with Crippen LogP contribution in [0.15, 0.2) is 48.7 Å². The zero-order valence-corrected chi connectivity index (χ0v) is 14.2. The number of anilines is 1. The lowest BCUT2D eigenvalue weighted by molar-refractivity contribution is 0.220. The van der Waals surface area contributed by atoms with Crippen molar-refractivity contribution in [2.24, 2.45) is 0 Å². The van der Waals surface area contributed by atoms with E-state index in [1.807, 2.05) is 49.4 Å². The molecule has 0 aliphatic heterocycles. The van der Waals surface area contributed by atoms with Crippen molar-refractivity contribution in [3.63, 3.8) is 0 Å². The quantitative estimate of drug-likeness (QED) is 0.789. The Balaban J connectivity index is 1.63. The summed E-state index contributed by atoms with van der Waals surface area (Å²) in [6.07, 6.45) is 1.74. The van der Waals surface area contributed by atoms with E-state index in [9.17, 15) is 4.79 Å². The van der Waals surface area contributed by atoms with Gasteiger partial charge in [0.2, 0.25) is 5.13 Å². The largest absolute Gasteiger partial charge is 0.323 e. The number of carbonyl (C=O) groups excluding carboxylic acids is 1. The van der Waals surface area contributed by atoms with E-state index in [0.29, 0.717) is 17.5 Å². The monoisotopic (exact) mass is 339 g/mol. The van der Waals surface area contributed by atoms with Crippen LogP contribution >= 0.6 is 11.5 Å². The van der Waals surface area contributed by atoms with Crippen LogP contribution in [0.2, 0.25) is 0 Å². The number of benzene rings is 1. The number of nitrogens with zero attached hydrogens (tertiary/aromatic N) is 4. The molecule has 0 aliphatic carbocycles. The molecule has 0 fully saturated rings. The third kappa shape index (κ3) is 3.94.